The number of methoxy groups -OCH3 is 1. The van der Waals surface area contributed by atoms with Gasteiger partial charge in [0.15, 0.2) is 5.75 Å². The van der Waals surface area contributed by atoms with Gasteiger partial charge in [-0.2, -0.15) is 0 Å². The summed E-state index contributed by atoms with van der Waals surface area (Å²) in [6, 6.07) is 21.3. The van der Waals surface area contributed by atoms with Gasteiger partial charge in [-0.15, -0.1) is 0 Å². The fraction of sp³-hybridized carbons (Fsp3) is 0.231. The van der Waals surface area contributed by atoms with Crippen molar-refractivity contribution in [1.29, 1.82) is 0 Å². The van der Waals surface area contributed by atoms with Crippen molar-refractivity contribution in [3.8, 4) is 17.2 Å². The highest BCUT2D eigenvalue weighted by Gasteiger charge is 2.28. The van der Waals surface area contributed by atoms with E-state index in [1.807, 2.05) is 78.6 Å². The molecule has 0 atom stereocenters. The Labute approximate surface area is 187 Å². The zero-order chi connectivity index (χ0) is 22.1. The lowest BCUT2D eigenvalue weighted by atomic mass is 10.1. The van der Waals surface area contributed by atoms with Crippen LogP contribution < -0.4 is 9.47 Å². The maximum absolute atomic E-state index is 12.8. The minimum atomic E-state index is 0.0716. The van der Waals surface area contributed by atoms with Gasteiger partial charge in [0.05, 0.1) is 12.7 Å². The summed E-state index contributed by atoms with van der Waals surface area (Å²) < 4.78 is 11.7. The molecular formula is C26H25N3O3. The number of hydrogen-bond acceptors (Lipinski definition) is 5. The Morgan fingerprint density at radius 1 is 0.938 bits per heavy atom. The third-order valence-corrected chi connectivity index (χ3v) is 5.88. The van der Waals surface area contributed by atoms with Crippen LogP contribution in [0.1, 0.15) is 21.5 Å². The van der Waals surface area contributed by atoms with Crippen LogP contribution in [-0.4, -0.2) is 54.8 Å². The Balaban J connectivity index is 1.45. The molecule has 1 saturated heterocycles. The van der Waals surface area contributed by atoms with Crippen molar-refractivity contribution in [1.82, 2.24) is 9.80 Å². The van der Waals surface area contributed by atoms with E-state index >= 15 is 0 Å². The highest BCUT2D eigenvalue weighted by molar-refractivity contribution is 6.04. The van der Waals surface area contributed by atoms with Crippen LogP contribution in [0, 0.1) is 6.92 Å². The molecule has 2 aliphatic heterocycles. The van der Waals surface area contributed by atoms with E-state index in [2.05, 4.69) is 4.90 Å². The number of carbonyl (C=O) groups excluding carboxylic acids is 1. The smallest absolute Gasteiger partial charge is 0.253 e. The molecule has 2 aliphatic rings. The quantitative estimate of drug-likeness (QED) is 0.598. The summed E-state index contributed by atoms with van der Waals surface area (Å²) in [5.74, 6) is 3.11. The van der Waals surface area contributed by atoms with Crippen LogP contribution in [0.5, 0.6) is 17.2 Å². The van der Waals surface area contributed by atoms with Crippen LogP contribution in [0.3, 0.4) is 0 Å². The van der Waals surface area contributed by atoms with E-state index in [4.69, 9.17) is 14.5 Å². The average molecular weight is 428 g/mol. The van der Waals surface area contributed by atoms with E-state index < -0.39 is 0 Å². The molecule has 0 spiro atoms. The Morgan fingerprint density at radius 2 is 1.72 bits per heavy atom. The SMILES string of the molecule is COc1ccc2c(c1)Oc1cc(C)ccc1N=C2N1CCN(C(=O)c2ccccc2)CC1. The van der Waals surface area contributed by atoms with E-state index in [1.165, 1.54) is 0 Å². The molecule has 0 saturated carbocycles. The molecule has 162 valence electrons. The maximum Gasteiger partial charge on any atom is 0.253 e. The first-order valence-electron chi connectivity index (χ1n) is 10.8. The Bertz CT molecular complexity index is 1180. The largest absolute Gasteiger partial charge is 0.497 e. The number of carbonyl (C=O) groups is 1. The first-order valence-corrected chi connectivity index (χ1v) is 10.8. The van der Waals surface area contributed by atoms with Crippen molar-refractivity contribution in [2.45, 2.75) is 6.92 Å². The van der Waals surface area contributed by atoms with E-state index in [-0.39, 0.29) is 5.91 Å². The van der Waals surface area contributed by atoms with Gasteiger partial charge in [-0.25, -0.2) is 4.99 Å². The second kappa shape index (κ2) is 8.38. The molecule has 6 heteroatoms. The average Bonchev–Trinajstić information content (AvgIpc) is 3.00. The van der Waals surface area contributed by atoms with Gasteiger partial charge in [-0.3, -0.25) is 4.79 Å². The van der Waals surface area contributed by atoms with Crippen LogP contribution in [0.4, 0.5) is 5.69 Å². The minimum absolute atomic E-state index is 0.0716. The predicted octanol–water partition coefficient (Wildman–Crippen LogP) is 4.65. The summed E-state index contributed by atoms with van der Waals surface area (Å²) in [5, 5.41) is 0. The zero-order valence-corrected chi connectivity index (χ0v) is 18.2. The summed E-state index contributed by atoms with van der Waals surface area (Å²) >= 11 is 0. The number of piperazine rings is 1. The second-order valence-corrected chi connectivity index (χ2v) is 8.02. The lowest BCUT2D eigenvalue weighted by molar-refractivity contribution is 0.0692. The normalized spacial score (nSPS) is 15.1. The van der Waals surface area contributed by atoms with Crippen molar-refractivity contribution in [2.24, 2.45) is 4.99 Å². The Morgan fingerprint density at radius 3 is 2.47 bits per heavy atom. The number of aliphatic imine (C=N–C) groups is 1. The molecule has 1 fully saturated rings. The van der Waals surface area contributed by atoms with Crippen LogP contribution >= 0.6 is 0 Å². The van der Waals surface area contributed by atoms with Crippen molar-refractivity contribution < 1.29 is 14.3 Å². The van der Waals surface area contributed by atoms with E-state index in [1.54, 1.807) is 7.11 Å². The van der Waals surface area contributed by atoms with E-state index in [0.29, 0.717) is 26.2 Å². The molecule has 0 N–H and O–H groups in total. The third-order valence-electron chi connectivity index (χ3n) is 5.88. The van der Waals surface area contributed by atoms with Gasteiger partial charge in [-0.1, -0.05) is 24.3 Å². The zero-order valence-electron chi connectivity index (χ0n) is 18.2. The summed E-state index contributed by atoms with van der Waals surface area (Å²) in [4.78, 5) is 22.0. The minimum Gasteiger partial charge on any atom is -0.497 e. The molecular weight excluding hydrogens is 402 g/mol. The maximum atomic E-state index is 12.8. The summed E-state index contributed by atoms with van der Waals surface area (Å²) in [7, 11) is 1.65. The molecule has 2 heterocycles. The highest BCUT2D eigenvalue weighted by Crippen LogP contribution is 2.40. The first kappa shape index (κ1) is 20.1. The van der Waals surface area contributed by atoms with E-state index in [0.717, 1.165) is 45.5 Å². The topological polar surface area (TPSA) is 54.4 Å². The molecule has 0 bridgehead atoms. The highest BCUT2D eigenvalue weighted by atomic mass is 16.5. The third kappa shape index (κ3) is 3.80. The fourth-order valence-electron chi connectivity index (χ4n) is 4.11. The standard InChI is InChI=1S/C26H25N3O3/c1-18-8-11-22-24(16-18)32-23-17-20(31-2)9-10-21(23)25(27-22)28-12-14-29(15-13-28)26(30)19-6-4-3-5-7-19/h3-11,16-17H,12-15H2,1-2H3. The number of amidine groups is 1. The van der Waals surface area contributed by atoms with Gasteiger partial charge in [-0.05, 0) is 48.9 Å². The summed E-state index contributed by atoms with van der Waals surface area (Å²) in [6.45, 7) is 4.71. The molecule has 6 nitrogen and oxygen atoms in total. The molecule has 5 rings (SSSR count). The molecule has 0 aliphatic carbocycles. The second-order valence-electron chi connectivity index (χ2n) is 8.02. The van der Waals surface area contributed by atoms with Gasteiger partial charge in [0, 0.05) is 37.8 Å². The van der Waals surface area contributed by atoms with Crippen LogP contribution in [0.2, 0.25) is 0 Å². The van der Waals surface area contributed by atoms with Crippen LogP contribution in [0.15, 0.2) is 71.7 Å². The monoisotopic (exact) mass is 427 g/mol. The molecule has 3 aromatic rings. The summed E-state index contributed by atoms with van der Waals surface area (Å²) in [6.07, 6.45) is 0. The number of amides is 1. The van der Waals surface area contributed by atoms with Crippen LogP contribution in [0.25, 0.3) is 0 Å². The van der Waals surface area contributed by atoms with Gasteiger partial charge in [0.25, 0.3) is 5.91 Å². The molecule has 0 unspecified atom stereocenters. The van der Waals surface area contributed by atoms with E-state index in [9.17, 15) is 4.79 Å². The Kier molecular flexibility index (Phi) is 5.27. The number of nitrogens with zero attached hydrogens (tertiary/aromatic N) is 3. The lowest BCUT2D eigenvalue weighted by Gasteiger charge is -2.36. The lowest BCUT2D eigenvalue weighted by Crippen LogP contribution is -2.50. The molecule has 32 heavy (non-hydrogen) atoms. The van der Waals surface area contributed by atoms with Gasteiger partial charge in [0.2, 0.25) is 0 Å². The number of hydrogen-bond donors (Lipinski definition) is 0. The molecule has 0 aromatic heterocycles. The van der Waals surface area contributed by atoms with Crippen molar-refractivity contribution in [3.05, 3.63) is 83.4 Å². The number of benzene rings is 3. The van der Waals surface area contributed by atoms with Gasteiger partial charge in [0.1, 0.15) is 23.0 Å². The number of aryl methyl sites for hydroxylation is 1. The molecule has 1 amide bonds. The predicted molar refractivity (Wildman–Crippen MR) is 124 cm³/mol. The number of fused-ring (bicyclic) bond motifs is 2. The molecule has 3 aromatic carbocycles. The van der Waals surface area contributed by atoms with Crippen LogP contribution in [-0.2, 0) is 0 Å². The van der Waals surface area contributed by atoms with Crippen molar-refractivity contribution in [2.75, 3.05) is 33.3 Å². The number of ether oxygens (including phenoxy) is 2. The van der Waals surface area contributed by atoms with Gasteiger partial charge < -0.3 is 19.3 Å². The fourth-order valence-corrected chi connectivity index (χ4v) is 4.11. The van der Waals surface area contributed by atoms with Crippen molar-refractivity contribution >= 4 is 17.4 Å². The van der Waals surface area contributed by atoms with Gasteiger partial charge >= 0.3 is 0 Å². The number of rotatable bonds is 2. The first-order chi connectivity index (χ1) is 15.6. The summed E-state index contributed by atoms with van der Waals surface area (Å²) in [5.41, 5.74) is 3.55. The Hall–Kier alpha value is -3.80. The molecule has 0 radical (unpaired) electrons. The van der Waals surface area contributed by atoms with Crippen molar-refractivity contribution in [3.63, 3.8) is 0 Å².